The third-order valence-electron chi connectivity index (χ3n) is 6.80. The topological polar surface area (TPSA) is 76.0 Å². The SMILES string of the molecule is COC(=O)COCC=CC[C@@H]1[C@@H](c2ccc(C(O)C3CCCCC3)cc2)[C@H](O)C[C@@H]1Cl. The minimum atomic E-state index is -0.481. The van der Waals surface area contributed by atoms with Crippen LogP contribution in [0.3, 0.4) is 0 Å². The summed E-state index contributed by atoms with van der Waals surface area (Å²) >= 11 is 6.58. The third kappa shape index (κ3) is 6.55. The molecule has 0 aromatic heterocycles. The van der Waals surface area contributed by atoms with Gasteiger partial charge in [0.25, 0.3) is 0 Å². The first-order valence-corrected chi connectivity index (χ1v) is 11.8. The second-order valence-corrected chi connectivity index (χ2v) is 9.38. The van der Waals surface area contributed by atoms with E-state index in [0.717, 1.165) is 30.4 Å². The Hall–Kier alpha value is -1.40. The number of hydrogen-bond acceptors (Lipinski definition) is 5. The second-order valence-electron chi connectivity index (χ2n) is 8.82. The number of rotatable bonds is 9. The van der Waals surface area contributed by atoms with E-state index in [4.69, 9.17) is 16.3 Å². The summed E-state index contributed by atoms with van der Waals surface area (Å²) in [7, 11) is 1.33. The lowest BCUT2D eigenvalue weighted by atomic mass is 9.81. The Balaban J connectivity index is 1.59. The van der Waals surface area contributed by atoms with E-state index in [1.165, 1.54) is 26.4 Å². The van der Waals surface area contributed by atoms with Gasteiger partial charge in [-0.1, -0.05) is 55.7 Å². The van der Waals surface area contributed by atoms with Crippen LogP contribution in [0.25, 0.3) is 0 Å². The van der Waals surface area contributed by atoms with Crippen molar-refractivity contribution in [2.75, 3.05) is 20.3 Å². The number of methoxy groups -OCH3 is 1. The first kappa shape index (κ1) is 24.2. The van der Waals surface area contributed by atoms with E-state index in [-0.39, 0.29) is 23.8 Å². The van der Waals surface area contributed by atoms with Crippen molar-refractivity contribution >= 4 is 17.6 Å². The zero-order valence-electron chi connectivity index (χ0n) is 18.3. The minimum Gasteiger partial charge on any atom is -0.467 e. The van der Waals surface area contributed by atoms with Crippen LogP contribution in [0.5, 0.6) is 0 Å². The van der Waals surface area contributed by atoms with E-state index in [2.05, 4.69) is 4.74 Å². The fourth-order valence-corrected chi connectivity index (χ4v) is 5.50. The molecular formula is C25H35ClO5. The summed E-state index contributed by atoms with van der Waals surface area (Å²) in [5.74, 6) is 0.0279. The molecule has 5 nitrogen and oxygen atoms in total. The Kier molecular flexibility index (Phi) is 9.39. The number of carbonyl (C=O) groups excluding carboxylic acids is 1. The van der Waals surface area contributed by atoms with Crippen molar-refractivity contribution in [2.45, 2.75) is 68.4 Å². The highest BCUT2D eigenvalue weighted by Gasteiger charge is 2.41. The van der Waals surface area contributed by atoms with Gasteiger partial charge in [0, 0.05) is 11.3 Å². The summed E-state index contributed by atoms with van der Waals surface area (Å²) in [6.07, 6.45) is 10.1. The summed E-state index contributed by atoms with van der Waals surface area (Å²) in [6.45, 7) is 0.262. The second kappa shape index (κ2) is 12.0. The molecule has 6 heteroatoms. The van der Waals surface area contributed by atoms with Crippen LogP contribution in [0.4, 0.5) is 0 Å². The van der Waals surface area contributed by atoms with Crippen molar-refractivity contribution in [3.8, 4) is 0 Å². The Morgan fingerprint density at radius 3 is 2.58 bits per heavy atom. The van der Waals surface area contributed by atoms with Crippen molar-refractivity contribution in [3.05, 3.63) is 47.5 Å². The average molecular weight is 451 g/mol. The normalized spacial score (nSPS) is 28.1. The van der Waals surface area contributed by atoms with Crippen LogP contribution in [-0.4, -0.2) is 48.0 Å². The van der Waals surface area contributed by atoms with Crippen molar-refractivity contribution < 1.29 is 24.5 Å². The first-order chi connectivity index (χ1) is 15.0. The lowest BCUT2D eigenvalue weighted by molar-refractivity contribution is -0.145. The molecule has 0 amide bonds. The molecule has 172 valence electrons. The molecule has 31 heavy (non-hydrogen) atoms. The molecule has 2 saturated carbocycles. The van der Waals surface area contributed by atoms with Gasteiger partial charge in [0.2, 0.25) is 0 Å². The maximum absolute atomic E-state index is 11.1. The molecule has 0 aliphatic heterocycles. The lowest BCUT2D eigenvalue weighted by Gasteiger charge is -2.27. The van der Waals surface area contributed by atoms with Gasteiger partial charge < -0.3 is 19.7 Å². The van der Waals surface area contributed by atoms with Gasteiger partial charge in [-0.25, -0.2) is 4.79 Å². The molecule has 1 aromatic carbocycles. The van der Waals surface area contributed by atoms with Crippen LogP contribution in [-0.2, 0) is 14.3 Å². The number of aliphatic hydroxyl groups excluding tert-OH is 2. The monoisotopic (exact) mass is 450 g/mol. The molecule has 2 aliphatic carbocycles. The summed E-state index contributed by atoms with van der Waals surface area (Å²) in [6, 6.07) is 8.10. The van der Waals surface area contributed by atoms with Gasteiger partial charge in [-0.2, -0.15) is 0 Å². The summed E-state index contributed by atoms with van der Waals surface area (Å²) in [5, 5.41) is 21.3. The van der Waals surface area contributed by atoms with Gasteiger partial charge in [0.1, 0.15) is 6.61 Å². The maximum Gasteiger partial charge on any atom is 0.331 e. The van der Waals surface area contributed by atoms with E-state index in [0.29, 0.717) is 18.9 Å². The van der Waals surface area contributed by atoms with Gasteiger partial charge in [0.15, 0.2) is 0 Å². The Bertz CT molecular complexity index is 713. The maximum atomic E-state index is 11.1. The third-order valence-corrected chi connectivity index (χ3v) is 7.30. The zero-order chi connectivity index (χ0) is 22.2. The molecular weight excluding hydrogens is 416 g/mol. The predicted octanol–water partition coefficient (Wildman–Crippen LogP) is 4.51. The van der Waals surface area contributed by atoms with Crippen molar-refractivity contribution in [3.63, 3.8) is 0 Å². The molecule has 1 aromatic rings. The number of benzene rings is 1. The predicted molar refractivity (Wildman–Crippen MR) is 121 cm³/mol. The van der Waals surface area contributed by atoms with Gasteiger partial charge in [-0.05, 0) is 48.6 Å². The Morgan fingerprint density at radius 2 is 1.90 bits per heavy atom. The highest BCUT2D eigenvalue weighted by molar-refractivity contribution is 6.21. The van der Waals surface area contributed by atoms with Crippen LogP contribution in [0.2, 0.25) is 0 Å². The highest BCUT2D eigenvalue weighted by Crippen LogP contribution is 2.45. The van der Waals surface area contributed by atoms with Gasteiger partial charge in [0.05, 0.1) is 25.9 Å². The molecule has 0 radical (unpaired) electrons. The van der Waals surface area contributed by atoms with Crippen molar-refractivity contribution in [1.29, 1.82) is 0 Å². The fraction of sp³-hybridized carbons (Fsp3) is 0.640. The molecule has 0 bridgehead atoms. The number of carbonyl (C=O) groups is 1. The molecule has 2 aliphatic rings. The van der Waals surface area contributed by atoms with E-state index >= 15 is 0 Å². The molecule has 3 rings (SSSR count). The summed E-state index contributed by atoms with van der Waals surface area (Å²) in [4.78, 5) is 11.1. The van der Waals surface area contributed by atoms with E-state index in [1.54, 1.807) is 0 Å². The van der Waals surface area contributed by atoms with Crippen LogP contribution in [0, 0.1) is 11.8 Å². The number of allylic oxidation sites excluding steroid dienone is 1. The van der Waals surface area contributed by atoms with Crippen molar-refractivity contribution in [1.82, 2.24) is 0 Å². The highest BCUT2D eigenvalue weighted by atomic mass is 35.5. The van der Waals surface area contributed by atoms with Crippen LogP contribution < -0.4 is 0 Å². The Labute approximate surface area is 190 Å². The van der Waals surface area contributed by atoms with Crippen LogP contribution >= 0.6 is 11.6 Å². The molecule has 0 heterocycles. The molecule has 5 atom stereocenters. The summed E-state index contributed by atoms with van der Waals surface area (Å²) < 4.78 is 9.76. The number of ether oxygens (including phenoxy) is 2. The molecule has 0 spiro atoms. The van der Waals surface area contributed by atoms with Gasteiger partial charge >= 0.3 is 5.97 Å². The standard InChI is InChI=1S/C25H35ClO5/c1-30-23(28)16-31-14-6-5-9-20-21(26)15-22(27)24(20)17-10-12-19(13-11-17)25(29)18-7-3-2-4-8-18/h5-6,10-13,18,20-22,24-25,27,29H,2-4,7-9,14-16H2,1H3/t20-,21-,22+,24+,25?/m0/s1. The van der Waals surface area contributed by atoms with Gasteiger partial charge in [-0.15, -0.1) is 11.6 Å². The van der Waals surface area contributed by atoms with E-state index in [9.17, 15) is 15.0 Å². The number of halogens is 1. The van der Waals surface area contributed by atoms with E-state index < -0.39 is 18.2 Å². The number of alkyl halides is 1. The first-order valence-electron chi connectivity index (χ1n) is 11.4. The number of aliphatic hydroxyl groups is 2. The van der Waals surface area contributed by atoms with E-state index in [1.807, 2.05) is 36.4 Å². The van der Waals surface area contributed by atoms with Gasteiger partial charge in [-0.3, -0.25) is 0 Å². The fourth-order valence-electron chi connectivity index (χ4n) is 5.05. The molecule has 1 unspecified atom stereocenters. The van der Waals surface area contributed by atoms with Crippen LogP contribution in [0.1, 0.15) is 68.1 Å². The quantitative estimate of drug-likeness (QED) is 0.250. The number of hydrogen-bond donors (Lipinski definition) is 2. The minimum absolute atomic E-state index is 0.0380. The molecule has 0 saturated heterocycles. The Morgan fingerprint density at radius 1 is 1.19 bits per heavy atom. The van der Waals surface area contributed by atoms with Crippen LogP contribution in [0.15, 0.2) is 36.4 Å². The zero-order valence-corrected chi connectivity index (χ0v) is 19.0. The molecule has 2 N–H and O–H groups in total. The van der Waals surface area contributed by atoms with Crippen molar-refractivity contribution in [2.24, 2.45) is 11.8 Å². The summed E-state index contributed by atoms with van der Waals surface area (Å²) in [5.41, 5.74) is 2.03. The largest absolute Gasteiger partial charge is 0.467 e. The lowest BCUT2D eigenvalue weighted by Crippen LogP contribution is -2.19. The number of esters is 1. The molecule has 2 fully saturated rings. The average Bonchev–Trinajstić information content (AvgIpc) is 3.08. The smallest absolute Gasteiger partial charge is 0.331 e.